The van der Waals surface area contributed by atoms with Gasteiger partial charge in [-0.3, -0.25) is 4.79 Å². The normalized spacial score (nSPS) is 11.4. The van der Waals surface area contributed by atoms with Crippen molar-refractivity contribution < 1.29 is 19.0 Å². The second kappa shape index (κ2) is 6.77. The van der Waals surface area contributed by atoms with Crippen molar-refractivity contribution in [3.05, 3.63) is 94.5 Å². The number of rotatable bonds is 3. The lowest BCUT2D eigenvalue weighted by Gasteiger charge is -2.05. The number of benzene rings is 3. The summed E-state index contributed by atoms with van der Waals surface area (Å²) < 4.78 is 21.1. The van der Waals surface area contributed by atoms with Crippen molar-refractivity contribution in [3.8, 4) is 22.8 Å². The predicted octanol–water partition coefficient (Wildman–Crippen LogP) is 5.01. The van der Waals surface area contributed by atoms with Crippen LogP contribution in [0.15, 0.2) is 82.1 Å². The highest BCUT2D eigenvalue weighted by atomic mass is 19.1. The Bertz CT molecular complexity index is 1470. The van der Waals surface area contributed by atoms with Crippen LogP contribution < -0.4 is 5.43 Å². The minimum atomic E-state index is -0.404. The van der Waals surface area contributed by atoms with E-state index in [-0.39, 0.29) is 28.3 Å². The van der Waals surface area contributed by atoms with Gasteiger partial charge >= 0.3 is 0 Å². The van der Waals surface area contributed by atoms with Gasteiger partial charge < -0.3 is 19.2 Å². The van der Waals surface area contributed by atoms with Gasteiger partial charge in [-0.2, -0.15) is 0 Å². The summed E-state index contributed by atoms with van der Waals surface area (Å²) in [6, 6.07) is 17.7. The molecule has 0 saturated heterocycles. The van der Waals surface area contributed by atoms with Gasteiger partial charge in [-0.15, -0.1) is 0 Å². The van der Waals surface area contributed by atoms with Crippen LogP contribution in [0.1, 0.15) is 5.56 Å². The lowest BCUT2D eigenvalue weighted by molar-refractivity contribution is 0.452. The molecule has 0 fully saturated rings. The third-order valence-electron chi connectivity index (χ3n) is 5.11. The van der Waals surface area contributed by atoms with E-state index in [1.165, 1.54) is 24.3 Å². The molecule has 0 aliphatic heterocycles. The fraction of sp³-hybridized carbons (Fsp3) is 0.0417. The van der Waals surface area contributed by atoms with Crippen molar-refractivity contribution in [1.82, 2.24) is 4.57 Å². The molecule has 0 amide bonds. The monoisotopic (exact) mass is 401 g/mol. The van der Waals surface area contributed by atoms with Crippen LogP contribution in [0.25, 0.3) is 33.2 Å². The first-order valence-corrected chi connectivity index (χ1v) is 9.32. The molecule has 2 aromatic heterocycles. The zero-order chi connectivity index (χ0) is 20.8. The van der Waals surface area contributed by atoms with E-state index in [2.05, 4.69) is 0 Å². The molecule has 0 aliphatic carbocycles. The molecule has 6 heteroatoms. The molecule has 30 heavy (non-hydrogen) atoms. The summed E-state index contributed by atoms with van der Waals surface area (Å²) in [4.78, 5) is 12.6. The van der Waals surface area contributed by atoms with Gasteiger partial charge in [0, 0.05) is 47.4 Å². The van der Waals surface area contributed by atoms with Crippen molar-refractivity contribution in [2.45, 2.75) is 6.54 Å². The maximum Gasteiger partial charge on any atom is 0.197 e. The smallest absolute Gasteiger partial charge is 0.197 e. The number of hydrogen-bond donors (Lipinski definition) is 2. The Morgan fingerprint density at radius 2 is 1.73 bits per heavy atom. The highest BCUT2D eigenvalue weighted by molar-refractivity contribution is 5.96. The Balaban J connectivity index is 1.70. The van der Waals surface area contributed by atoms with Crippen molar-refractivity contribution in [3.63, 3.8) is 0 Å². The number of aromatic nitrogens is 1. The molecule has 5 nitrogen and oxygen atoms in total. The molecule has 2 heterocycles. The standard InChI is InChI=1S/C24H16FNO4/c25-15-7-5-14(6-8-15)12-26-13-18(17-3-1-2-4-19(17)26)22-11-21(29)24-20(28)9-16(27)10-23(24)30-22/h1-11,13,27-28H,12H2. The van der Waals surface area contributed by atoms with E-state index in [0.717, 1.165) is 22.5 Å². The van der Waals surface area contributed by atoms with Crippen molar-refractivity contribution in [1.29, 1.82) is 0 Å². The van der Waals surface area contributed by atoms with Crippen molar-refractivity contribution >= 4 is 21.9 Å². The van der Waals surface area contributed by atoms with Crippen LogP contribution >= 0.6 is 0 Å². The summed E-state index contributed by atoms with van der Waals surface area (Å²) in [5, 5.41) is 20.7. The van der Waals surface area contributed by atoms with E-state index in [1.807, 2.05) is 35.0 Å². The Labute approximate surface area is 169 Å². The summed E-state index contributed by atoms with van der Waals surface area (Å²) in [6.07, 6.45) is 1.88. The molecule has 0 unspecified atom stereocenters. The van der Waals surface area contributed by atoms with E-state index in [0.29, 0.717) is 17.9 Å². The van der Waals surface area contributed by atoms with Gasteiger partial charge in [0.15, 0.2) is 5.43 Å². The summed E-state index contributed by atoms with van der Waals surface area (Å²) in [5.74, 6) is -0.490. The third-order valence-corrected chi connectivity index (χ3v) is 5.11. The first-order valence-electron chi connectivity index (χ1n) is 9.32. The molecule has 0 aliphatic rings. The lowest BCUT2D eigenvalue weighted by atomic mass is 10.1. The average Bonchev–Trinajstić information content (AvgIpc) is 3.07. The molecule has 0 radical (unpaired) electrons. The minimum absolute atomic E-state index is 0.0200. The first kappa shape index (κ1) is 18.0. The Morgan fingerprint density at radius 1 is 0.967 bits per heavy atom. The topological polar surface area (TPSA) is 75.6 Å². The fourth-order valence-corrected chi connectivity index (χ4v) is 3.75. The lowest BCUT2D eigenvalue weighted by Crippen LogP contribution is -2.00. The molecule has 0 atom stereocenters. The summed E-state index contributed by atoms with van der Waals surface area (Å²) >= 11 is 0. The van der Waals surface area contributed by atoms with Crippen molar-refractivity contribution in [2.75, 3.05) is 0 Å². The van der Waals surface area contributed by atoms with Crippen LogP contribution in [0.2, 0.25) is 0 Å². The van der Waals surface area contributed by atoms with Crippen LogP contribution in [0.5, 0.6) is 11.5 Å². The molecule has 148 valence electrons. The van der Waals surface area contributed by atoms with Crippen LogP contribution in [0, 0.1) is 5.82 Å². The van der Waals surface area contributed by atoms with Crippen LogP contribution in [-0.2, 0) is 6.54 Å². The molecule has 0 spiro atoms. The van der Waals surface area contributed by atoms with E-state index in [9.17, 15) is 19.4 Å². The van der Waals surface area contributed by atoms with Crippen LogP contribution in [0.3, 0.4) is 0 Å². The summed E-state index contributed by atoms with van der Waals surface area (Å²) in [7, 11) is 0. The summed E-state index contributed by atoms with van der Waals surface area (Å²) in [5.41, 5.74) is 2.26. The second-order valence-electron chi connectivity index (χ2n) is 7.13. The average molecular weight is 401 g/mol. The quantitative estimate of drug-likeness (QED) is 0.445. The molecule has 2 N–H and O–H groups in total. The number of halogens is 1. The minimum Gasteiger partial charge on any atom is -0.508 e. The third kappa shape index (κ3) is 2.99. The van der Waals surface area contributed by atoms with Crippen molar-refractivity contribution in [2.24, 2.45) is 0 Å². The molecule has 0 bridgehead atoms. The SMILES string of the molecule is O=c1cc(-c2cn(Cc3ccc(F)cc3)c3ccccc23)oc2cc(O)cc(O)c12. The highest BCUT2D eigenvalue weighted by Gasteiger charge is 2.16. The number of aromatic hydroxyl groups is 2. The number of phenols is 2. The Hall–Kier alpha value is -4.06. The molecule has 5 rings (SSSR count). The van der Waals surface area contributed by atoms with Gasteiger partial charge in [-0.1, -0.05) is 30.3 Å². The highest BCUT2D eigenvalue weighted by Crippen LogP contribution is 2.34. The van der Waals surface area contributed by atoms with Gasteiger partial charge in [0.1, 0.15) is 34.0 Å². The largest absolute Gasteiger partial charge is 0.508 e. The molecular formula is C24H16FNO4. The van der Waals surface area contributed by atoms with Gasteiger partial charge in [-0.05, 0) is 23.8 Å². The van der Waals surface area contributed by atoms with Crippen LogP contribution in [0.4, 0.5) is 4.39 Å². The van der Waals surface area contributed by atoms with E-state index < -0.39 is 5.43 Å². The van der Waals surface area contributed by atoms with Gasteiger partial charge in [-0.25, -0.2) is 4.39 Å². The number of nitrogens with zero attached hydrogens (tertiary/aromatic N) is 1. The summed E-state index contributed by atoms with van der Waals surface area (Å²) in [6.45, 7) is 0.514. The number of fused-ring (bicyclic) bond motifs is 2. The molecule has 3 aromatic carbocycles. The van der Waals surface area contributed by atoms with Gasteiger partial charge in [0.25, 0.3) is 0 Å². The predicted molar refractivity (Wildman–Crippen MR) is 112 cm³/mol. The Morgan fingerprint density at radius 3 is 2.53 bits per heavy atom. The van der Waals surface area contributed by atoms with E-state index in [1.54, 1.807) is 12.1 Å². The number of hydrogen-bond acceptors (Lipinski definition) is 4. The van der Waals surface area contributed by atoms with E-state index >= 15 is 0 Å². The zero-order valence-electron chi connectivity index (χ0n) is 15.7. The van der Waals surface area contributed by atoms with Gasteiger partial charge in [0.2, 0.25) is 0 Å². The van der Waals surface area contributed by atoms with Gasteiger partial charge in [0.05, 0.1) is 0 Å². The number of para-hydroxylation sites is 1. The number of phenolic OH excluding ortho intramolecular Hbond substituents is 2. The fourth-order valence-electron chi connectivity index (χ4n) is 3.75. The second-order valence-corrected chi connectivity index (χ2v) is 7.13. The van der Waals surface area contributed by atoms with E-state index in [4.69, 9.17) is 4.42 Å². The maximum atomic E-state index is 13.2. The zero-order valence-corrected chi connectivity index (χ0v) is 15.7. The maximum absolute atomic E-state index is 13.2. The van der Waals surface area contributed by atoms with Crippen LogP contribution in [-0.4, -0.2) is 14.8 Å². The molecule has 5 aromatic rings. The first-order chi connectivity index (χ1) is 14.5. The molecule has 0 saturated carbocycles. The Kier molecular flexibility index (Phi) is 4.06. The molecular weight excluding hydrogens is 385 g/mol.